The van der Waals surface area contributed by atoms with E-state index in [9.17, 15) is 0 Å². The van der Waals surface area contributed by atoms with E-state index in [1.165, 1.54) is 17.7 Å². The zero-order chi connectivity index (χ0) is 13.9. The number of ether oxygens (including phenoxy) is 1. The number of benzene rings is 1. The molecule has 0 amide bonds. The molecule has 1 aliphatic rings. The Bertz CT molecular complexity index is 596. The highest BCUT2D eigenvalue weighted by molar-refractivity contribution is 7.98. The molecule has 1 aromatic heterocycles. The first-order valence-corrected chi connectivity index (χ1v) is 7.81. The number of nitrogens with zero attached hydrogens (tertiary/aromatic N) is 2. The predicted octanol–water partition coefficient (Wildman–Crippen LogP) is 3.29. The number of methoxy groups -OCH3 is 1. The van der Waals surface area contributed by atoms with Crippen LogP contribution in [0, 0.1) is 0 Å². The van der Waals surface area contributed by atoms with Crippen molar-refractivity contribution in [3.8, 4) is 5.75 Å². The van der Waals surface area contributed by atoms with E-state index in [4.69, 9.17) is 9.26 Å². The topological polar surface area (TPSA) is 60.2 Å². The summed E-state index contributed by atoms with van der Waals surface area (Å²) in [6.45, 7) is 0.509. The van der Waals surface area contributed by atoms with Gasteiger partial charge in [0.05, 0.1) is 19.3 Å². The quantitative estimate of drug-likeness (QED) is 0.824. The number of anilines is 1. The summed E-state index contributed by atoms with van der Waals surface area (Å²) < 4.78 is 10.6. The second-order valence-corrected chi connectivity index (χ2v) is 5.62. The molecule has 106 valence electrons. The van der Waals surface area contributed by atoms with Crippen molar-refractivity contribution in [1.29, 1.82) is 0 Å². The van der Waals surface area contributed by atoms with E-state index < -0.39 is 0 Å². The minimum absolute atomic E-state index is 0.509. The smallest absolute Gasteiger partial charge is 0.245 e. The van der Waals surface area contributed by atoms with Crippen LogP contribution in [0.1, 0.15) is 30.5 Å². The number of thioether (sulfide) groups is 1. The summed E-state index contributed by atoms with van der Waals surface area (Å²) >= 11 is 1.69. The van der Waals surface area contributed by atoms with Gasteiger partial charge < -0.3 is 14.6 Å². The van der Waals surface area contributed by atoms with Crippen molar-refractivity contribution < 1.29 is 9.26 Å². The largest absolute Gasteiger partial charge is 0.495 e. The summed E-state index contributed by atoms with van der Waals surface area (Å²) in [6, 6.07) is 6.07. The van der Waals surface area contributed by atoms with E-state index in [1.54, 1.807) is 18.9 Å². The lowest BCUT2D eigenvalue weighted by Gasteiger charge is -2.10. The number of nitrogens with one attached hydrogen (secondary N) is 1. The molecule has 0 saturated heterocycles. The molecule has 0 unspecified atom stereocenters. The van der Waals surface area contributed by atoms with Gasteiger partial charge in [-0.1, -0.05) is 5.16 Å². The lowest BCUT2D eigenvalue weighted by atomic mass is 10.3. The van der Waals surface area contributed by atoms with Gasteiger partial charge in [-0.25, -0.2) is 0 Å². The number of aromatic nitrogens is 2. The van der Waals surface area contributed by atoms with Crippen molar-refractivity contribution in [3.63, 3.8) is 0 Å². The number of hydrogen-bond donors (Lipinski definition) is 1. The van der Waals surface area contributed by atoms with Crippen LogP contribution in [0.25, 0.3) is 0 Å². The Morgan fingerprint density at radius 1 is 1.45 bits per heavy atom. The van der Waals surface area contributed by atoms with E-state index >= 15 is 0 Å². The zero-order valence-electron chi connectivity index (χ0n) is 11.5. The highest BCUT2D eigenvalue weighted by Gasteiger charge is 2.28. The van der Waals surface area contributed by atoms with Crippen molar-refractivity contribution in [2.45, 2.75) is 30.2 Å². The fourth-order valence-electron chi connectivity index (χ4n) is 1.96. The Kier molecular flexibility index (Phi) is 3.82. The Balaban J connectivity index is 1.67. The summed E-state index contributed by atoms with van der Waals surface area (Å²) in [4.78, 5) is 5.56. The van der Waals surface area contributed by atoms with Crippen molar-refractivity contribution >= 4 is 17.4 Å². The van der Waals surface area contributed by atoms with Gasteiger partial charge in [-0.15, -0.1) is 11.8 Å². The van der Waals surface area contributed by atoms with Gasteiger partial charge in [0.1, 0.15) is 5.75 Å². The summed E-state index contributed by atoms with van der Waals surface area (Å²) in [7, 11) is 1.67. The molecule has 1 N–H and O–H groups in total. The van der Waals surface area contributed by atoms with E-state index in [-0.39, 0.29) is 0 Å². The average molecular weight is 291 g/mol. The van der Waals surface area contributed by atoms with Gasteiger partial charge in [0.15, 0.2) is 5.82 Å². The van der Waals surface area contributed by atoms with Crippen LogP contribution < -0.4 is 10.1 Å². The molecule has 3 rings (SSSR count). The molecule has 1 aromatic carbocycles. The lowest BCUT2D eigenvalue weighted by Crippen LogP contribution is -2.02. The molecule has 1 fully saturated rings. The Labute approximate surface area is 122 Å². The fourth-order valence-corrected chi connectivity index (χ4v) is 2.39. The summed E-state index contributed by atoms with van der Waals surface area (Å²) in [6.07, 6.45) is 4.40. The zero-order valence-corrected chi connectivity index (χ0v) is 12.4. The molecule has 0 aliphatic heterocycles. The fraction of sp³-hybridized carbons (Fsp3) is 0.429. The monoisotopic (exact) mass is 291 g/mol. The van der Waals surface area contributed by atoms with Gasteiger partial charge in [-0.3, -0.25) is 0 Å². The number of rotatable bonds is 6. The van der Waals surface area contributed by atoms with Crippen LogP contribution in [0.5, 0.6) is 5.75 Å². The van der Waals surface area contributed by atoms with Gasteiger partial charge in [-0.2, -0.15) is 4.98 Å². The van der Waals surface area contributed by atoms with Gasteiger partial charge in [0.2, 0.25) is 5.89 Å². The van der Waals surface area contributed by atoms with Crippen molar-refractivity contribution in [1.82, 2.24) is 10.1 Å². The highest BCUT2D eigenvalue weighted by Crippen LogP contribution is 2.38. The van der Waals surface area contributed by atoms with Crippen LogP contribution in [0.4, 0.5) is 5.69 Å². The van der Waals surface area contributed by atoms with Crippen LogP contribution >= 0.6 is 11.8 Å². The SMILES string of the molecule is COc1cc(SC)ccc1NCc1nc(C2CC2)no1. The van der Waals surface area contributed by atoms with Gasteiger partial charge in [-0.05, 0) is 37.3 Å². The van der Waals surface area contributed by atoms with Crippen LogP contribution in [-0.4, -0.2) is 23.5 Å². The molecule has 1 aliphatic carbocycles. The first kappa shape index (κ1) is 13.3. The predicted molar refractivity (Wildman–Crippen MR) is 78.4 cm³/mol. The molecule has 5 nitrogen and oxygen atoms in total. The minimum atomic E-state index is 0.509. The molecule has 20 heavy (non-hydrogen) atoms. The molecular formula is C14H17N3O2S. The Morgan fingerprint density at radius 3 is 3.00 bits per heavy atom. The molecule has 2 aromatic rings. The third-order valence-corrected chi connectivity index (χ3v) is 3.99. The van der Waals surface area contributed by atoms with E-state index in [0.29, 0.717) is 18.4 Å². The maximum atomic E-state index is 5.39. The Morgan fingerprint density at radius 2 is 2.30 bits per heavy atom. The Hall–Kier alpha value is -1.69. The van der Waals surface area contributed by atoms with Crippen molar-refractivity contribution in [2.75, 3.05) is 18.7 Å². The second kappa shape index (κ2) is 5.75. The van der Waals surface area contributed by atoms with Crippen LogP contribution in [0.15, 0.2) is 27.6 Å². The van der Waals surface area contributed by atoms with Crippen LogP contribution in [0.2, 0.25) is 0 Å². The average Bonchev–Trinajstić information content (AvgIpc) is 3.24. The third-order valence-electron chi connectivity index (χ3n) is 3.27. The van der Waals surface area contributed by atoms with Gasteiger partial charge >= 0.3 is 0 Å². The normalized spacial score (nSPS) is 14.3. The molecule has 0 spiro atoms. The van der Waals surface area contributed by atoms with Crippen LogP contribution in [-0.2, 0) is 6.54 Å². The number of hydrogen-bond acceptors (Lipinski definition) is 6. The molecule has 1 saturated carbocycles. The summed E-state index contributed by atoms with van der Waals surface area (Å²) in [5, 5.41) is 7.27. The summed E-state index contributed by atoms with van der Waals surface area (Å²) in [5.74, 6) is 2.79. The van der Waals surface area contributed by atoms with E-state index in [0.717, 1.165) is 17.3 Å². The van der Waals surface area contributed by atoms with Gasteiger partial charge in [0, 0.05) is 10.8 Å². The maximum Gasteiger partial charge on any atom is 0.245 e. The van der Waals surface area contributed by atoms with Crippen molar-refractivity contribution in [3.05, 3.63) is 29.9 Å². The van der Waals surface area contributed by atoms with Crippen molar-refractivity contribution in [2.24, 2.45) is 0 Å². The molecule has 6 heteroatoms. The van der Waals surface area contributed by atoms with E-state index in [2.05, 4.69) is 21.5 Å². The molecule has 0 bridgehead atoms. The molecule has 1 heterocycles. The second-order valence-electron chi connectivity index (χ2n) is 4.74. The molecule has 0 atom stereocenters. The van der Waals surface area contributed by atoms with Crippen LogP contribution in [0.3, 0.4) is 0 Å². The maximum absolute atomic E-state index is 5.39. The first-order chi connectivity index (χ1) is 9.80. The first-order valence-electron chi connectivity index (χ1n) is 6.58. The molecular weight excluding hydrogens is 274 g/mol. The van der Waals surface area contributed by atoms with Gasteiger partial charge in [0.25, 0.3) is 0 Å². The third kappa shape index (κ3) is 2.90. The minimum Gasteiger partial charge on any atom is -0.495 e. The molecule has 0 radical (unpaired) electrons. The standard InChI is InChI=1S/C14H17N3O2S/c1-18-12-7-10(20-2)5-6-11(12)15-8-13-16-14(17-19-13)9-3-4-9/h5-7,9,15H,3-4,8H2,1-2H3. The van der Waals surface area contributed by atoms with E-state index in [1.807, 2.05) is 18.4 Å². The lowest BCUT2D eigenvalue weighted by molar-refractivity contribution is 0.377. The summed E-state index contributed by atoms with van der Waals surface area (Å²) in [5.41, 5.74) is 0.927. The highest BCUT2D eigenvalue weighted by atomic mass is 32.2.